The van der Waals surface area contributed by atoms with E-state index in [4.69, 9.17) is 10.5 Å². The Labute approximate surface area is 146 Å². The molecule has 1 heterocycles. The molecule has 1 aromatic rings. The molecular weight excluding hydrogens is 330 g/mol. The second-order valence-electron chi connectivity index (χ2n) is 5.40. The van der Waals surface area contributed by atoms with Crippen LogP contribution in [0, 0.1) is 13.8 Å². The smallest absolute Gasteiger partial charge is 0.329 e. The van der Waals surface area contributed by atoms with Gasteiger partial charge < -0.3 is 20.4 Å². The van der Waals surface area contributed by atoms with Crippen LogP contribution in [0.1, 0.15) is 35.1 Å². The van der Waals surface area contributed by atoms with Gasteiger partial charge in [-0.3, -0.25) is 4.79 Å². The number of thioether (sulfide) groups is 1. The van der Waals surface area contributed by atoms with Crippen molar-refractivity contribution in [1.29, 1.82) is 0 Å². The number of carbonyl (C=O) groups is 3. The maximum Gasteiger partial charge on any atom is 0.329 e. The number of amides is 2. The molecule has 1 rings (SSSR count). The van der Waals surface area contributed by atoms with Crippen molar-refractivity contribution < 1.29 is 19.1 Å². The molecule has 3 N–H and O–H groups in total. The number of primary amides is 1. The normalized spacial score (nSPS) is 11.8. The molecule has 134 valence electrons. The molecule has 8 heteroatoms. The number of nitrogens with zero attached hydrogens (tertiary/aromatic N) is 1. The zero-order valence-corrected chi connectivity index (χ0v) is 15.4. The number of nitrogens with two attached hydrogens (primary N) is 1. The second kappa shape index (κ2) is 9.36. The molecule has 0 spiro atoms. The van der Waals surface area contributed by atoms with Gasteiger partial charge >= 0.3 is 12.0 Å². The molecule has 0 fully saturated rings. The summed E-state index contributed by atoms with van der Waals surface area (Å²) >= 11 is 1.53. The quantitative estimate of drug-likeness (QED) is 0.518. The summed E-state index contributed by atoms with van der Waals surface area (Å²) in [4.78, 5) is 35.4. The lowest BCUT2D eigenvalue weighted by Gasteiger charge is -2.15. The van der Waals surface area contributed by atoms with Crippen molar-refractivity contribution in [3.05, 3.63) is 23.0 Å². The van der Waals surface area contributed by atoms with E-state index >= 15 is 0 Å². The Morgan fingerprint density at radius 3 is 2.54 bits per heavy atom. The van der Waals surface area contributed by atoms with Gasteiger partial charge in [0.25, 0.3) is 0 Å². The Hall–Kier alpha value is -1.96. The summed E-state index contributed by atoms with van der Waals surface area (Å²) in [6.07, 6.45) is 2.28. The van der Waals surface area contributed by atoms with Crippen molar-refractivity contribution in [3.63, 3.8) is 0 Å². The van der Waals surface area contributed by atoms with E-state index in [1.807, 2.05) is 31.6 Å². The number of carbonyl (C=O) groups excluding carboxylic acids is 3. The zero-order chi connectivity index (χ0) is 18.3. The third kappa shape index (κ3) is 5.30. The summed E-state index contributed by atoms with van der Waals surface area (Å²) < 4.78 is 7.10. The molecule has 0 aromatic carbocycles. The van der Waals surface area contributed by atoms with Gasteiger partial charge in [0.2, 0.25) is 5.78 Å². The summed E-state index contributed by atoms with van der Waals surface area (Å²) in [6, 6.07) is 0.156. The van der Waals surface area contributed by atoms with Crippen LogP contribution in [-0.2, 0) is 16.1 Å². The molecule has 0 aliphatic heterocycles. The number of hydrogen-bond acceptors (Lipinski definition) is 5. The van der Waals surface area contributed by atoms with Crippen molar-refractivity contribution in [2.75, 3.05) is 18.6 Å². The SMILES string of the molecule is CCn1c(C)cc(C(=O)COC(=O)[C@@H](CCSC)NC(N)=O)c1C. The van der Waals surface area contributed by atoms with Crippen LogP contribution in [-0.4, -0.2) is 47.0 Å². The van der Waals surface area contributed by atoms with Crippen molar-refractivity contribution in [3.8, 4) is 0 Å². The molecule has 24 heavy (non-hydrogen) atoms. The second-order valence-corrected chi connectivity index (χ2v) is 6.39. The largest absolute Gasteiger partial charge is 0.456 e. The number of aromatic nitrogens is 1. The van der Waals surface area contributed by atoms with Crippen molar-refractivity contribution in [2.24, 2.45) is 5.73 Å². The first-order chi connectivity index (χ1) is 11.3. The van der Waals surface area contributed by atoms with E-state index in [1.54, 1.807) is 6.07 Å². The number of Topliss-reactive ketones (excluding diaryl/α,β-unsaturated/α-hetero) is 1. The zero-order valence-electron chi connectivity index (χ0n) is 14.5. The number of esters is 1. The highest BCUT2D eigenvalue weighted by molar-refractivity contribution is 7.98. The number of ether oxygens (including phenoxy) is 1. The predicted molar refractivity (Wildman–Crippen MR) is 94.4 cm³/mol. The molecule has 1 aromatic heterocycles. The number of aryl methyl sites for hydroxylation is 1. The summed E-state index contributed by atoms with van der Waals surface area (Å²) in [5.41, 5.74) is 7.45. The molecule has 0 aliphatic rings. The Kier molecular flexibility index (Phi) is 7.84. The minimum atomic E-state index is -0.842. The van der Waals surface area contributed by atoms with Gasteiger partial charge in [0.1, 0.15) is 6.04 Å². The number of ketones is 1. The molecule has 0 bridgehead atoms. The van der Waals surface area contributed by atoms with Gasteiger partial charge in [-0.2, -0.15) is 11.8 Å². The fourth-order valence-corrected chi connectivity index (χ4v) is 3.01. The topological polar surface area (TPSA) is 103 Å². The lowest BCUT2D eigenvalue weighted by molar-refractivity contribution is -0.144. The number of hydrogen-bond donors (Lipinski definition) is 2. The van der Waals surface area contributed by atoms with Crippen LogP contribution in [0.4, 0.5) is 4.79 Å². The first-order valence-corrected chi connectivity index (χ1v) is 9.12. The number of urea groups is 1. The third-order valence-electron chi connectivity index (χ3n) is 3.75. The van der Waals surface area contributed by atoms with Gasteiger partial charge in [-0.25, -0.2) is 9.59 Å². The average Bonchev–Trinajstić information content (AvgIpc) is 2.82. The molecule has 7 nitrogen and oxygen atoms in total. The van der Waals surface area contributed by atoms with Gasteiger partial charge in [-0.05, 0) is 45.3 Å². The van der Waals surface area contributed by atoms with E-state index in [2.05, 4.69) is 5.32 Å². The maximum atomic E-state index is 12.3. The molecule has 0 saturated heterocycles. The fraction of sp³-hybridized carbons (Fsp3) is 0.562. The van der Waals surface area contributed by atoms with E-state index in [9.17, 15) is 14.4 Å². The minimum Gasteiger partial charge on any atom is -0.456 e. The molecule has 0 saturated carbocycles. The van der Waals surface area contributed by atoms with Crippen LogP contribution in [0.2, 0.25) is 0 Å². The van der Waals surface area contributed by atoms with E-state index in [0.717, 1.165) is 17.9 Å². The molecule has 0 radical (unpaired) electrons. The lowest BCUT2D eigenvalue weighted by atomic mass is 10.1. The Morgan fingerprint density at radius 1 is 1.38 bits per heavy atom. The summed E-state index contributed by atoms with van der Waals surface area (Å²) in [7, 11) is 0. The highest BCUT2D eigenvalue weighted by atomic mass is 32.2. The van der Waals surface area contributed by atoms with Crippen LogP contribution in [0.5, 0.6) is 0 Å². The van der Waals surface area contributed by atoms with E-state index < -0.39 is 18.0 Å². The van der Waals surface area contributed by atoms with Crippen LogP contribution in [0.3, 0.4) is 0 Å². The summed E-state index contributed by atoms with van der Waals surface area (Å²) in [6.45, 7) is 6.20. The van der Waals surface area contributed by atoms with Gasteiger partial charge in [0, 0.05) is 23.5 Å². The first-order valence-electron chi connectivity index (χ1n) is 7.73. The summed E-state index contributed by atoms with van der Waals surface area (Å²) in [5.74, 6) is -0.259. The molecular formula is C16H25N3O4S. The van der Waals surface area contributed by atoms with Gasteiger partial charge in [0.15, 0.2) is 6.61 Å². The van der Waals surface area contributed by atoms with E-state index in [0.29, 0.717) is 17.7 Å². The maximum absolute atomic E-state index is 12.3. The predicted octanol–water partition coefficient (Wildman–Crippen LogP) is 1.64. The fourth-order valence-electron chi connectivity index (χ4n) is 2.54. The third-order valence-corrected chi connectivity index (χ3v) is 4.39. The van der Waals surface area contributed by atoms with Gasteiger partial charge in [0.05, 0.1) is 0 Å². The van der Waals surface area contributed by atoms with E-state index in [-0.39, 0.29) is 12.4 Å². The molecule has 1 atom stereocenters. The monoisotopic (exact) mass is 355 g/mol. The van der Waals surface area contributed by atoms with Gasteiger partial charge in [-0.1, -0.05) is 0 Å². The Bertz CT molecular complexity index is 613. The number of nitrogens with one attached hydrogen (secondary N) is 1. The molecule has 2 amide bonds. The minimum absolute atomic E-state index is 0.265. The summed E-state index contributed by atoms with van der Waals surface area (Å²) in [5, 5.41) is 2.35. The highest BCUT2D eigenvalue weighted by Gasteiger charge is 2.23. The van der Waals surface area contributed by atoms with Crippen LogP contribution < -0.4 is 11.1 Å². The van der Waals surface area contributed by atoms with Crippen LogP contribution in [0.15, 0.2) is 6.07 Å². The highest BCUT2D eigenvalue weighted by Crippen LogP contribution is 2.16. The van der Waals surface area contributed by atoms with Crippen molar-refractivity contribution >= 4 is 29.5 Å². The van der Waals surface area contributed by atoms with Crippen LogP contribution >= 0.6 is 11.8 Å². The lowest BCUT2D eigenvalue weighted by Crippen LogP contribution is -2.45. The molecule has 0 unspecified atom stereocenters. The molecule has 0 aliphatic carbocycles. The van der Waals surface area contributed by atoms with Crippen molar-refractivity contribution in [1.82, 2.24) is 9.88 Å². The Balaban J connectivity index is 2.70. The number of rotatable bonds is 9. The van der Waals surface area contributed by atoms with Gasteiger partial charge in [-0.15, -0.1) is 0 Å². The standard InChI is InChI=1S/C16H25N3O4S/c1-5-19-10(2)8-12(11(19)3)14(20)9-23-15(21)13(6-7-24-4)18-16(17)22/h8,13H,5-7,9H2,1-4H3,(H3,17,18,22)/t13-/m1/s1. The van der Waals surface area contributed by atoms with Crippen molar-refractivity contribution in [2.45, 2.75) is 39.8 Å². The van der Waals surface area contributed by atoms with Crippen LogP contribution in [0.25, 0.3) is 0 Å². The Morgan fingerprint density at radius 2 is 2.04 bits per heavy atom. The average molecular weight is 355 g/mol. The van der Waals surface area contributed by atoms with E-state index in [1.165, 1.54) is 11.8 Å². The first kappa shape index (κ1) is 20.1.